The highest BCUT2D eigenvalue weighted by atomic mass is 32.2. The van der Waals surface area contributed by atoms with Crippen LogP contribution in [-0.4, -0.2) is 18.9 Å². The molecule has 0 aliphatic rings. The summed E-state index contributed by atoms with van der Waals surface area (Å²) < 4.78 is 5.17. The van der Waals surface area contributed by atoms with Crippen molar-refractivity contribution in [2.24, 2.45) is 5.73 Å². The van der Waals surface area contributed by atoms with Gasteiger partial charge in [0.15, 0.2) is 0 Å². The first-order valence-corrected chi connectivity index (χ1v) is 8.24. The number of aryl methyl sites for hydroxylation is 2. The lowest BCUT2D eigenvalue weighted by atomic mass is 10.1. The Labute approximate surface area is 131 Å². The van der Waals surface area contributed by atoms with Gasteiger partial charge >= 0.3 is 0 Å². The van der Waals surface area contributed by atoms with Crippen molar-refractivity contribution in [2.45, 2.75) is 30.7 Å². The molecular weight excluding hydrogens is 278 g/mol. The van der Waals surface area contributed by atoms with Gasteiger partial charge in [-0.25, -0.2) is 0 Å². The van der Waals surface area contributed by atoms with Crippen LogP contribution in [0.2, 0.25) is 0 Å². The van der Waals surface area contributed by atoms with Gasteiger partial charge in [0.1, 0.15) is 5.75 Å². The van der Waals surface area contributed by atoms with Crippen molar-refractivity contribution in [3.05, 3.63) is 59.7 Å². The molecule has 0 saturated carbocycles. The van der Waals surface area contributed by atoms with Gasteiger partial charge in [-0.05, 0) is 49.1 Å². The first-order chi connectivity index (χ1) is 10.2. The molecule has 0 spiro atoms. The molecule has 0 aliphatic heterocycles. The third-order valence-corrected chi connectivity index (χ3v) is 4.87. The summed E-state index contributed by atoms with van der Waals surface area (Å²) >= 11 is 1.85. The summed E-state index contributed by atoms with van der Waals surface area (Å²) in [6.07, 6.45) is 2.02. The highest BCUT2D eigenvalue weighted by Gasteiger charge is 2.06. The molecule has 0 radical (unpaired) electrons. The van der Waals surface area contributed by atoms with Crippen LogP contribution >= 0.6 is 11.8 Å². The molecule has 0 fully saturated rings. The fourth-order valence-electron chi connectivity index (χ4n) is 2.14. The fraction of sp³-hybridized carbons (Fsp3) is 0.333. The van der Waals surface area contributed by atoms with Gasteiger partial charge in [0.2, 0.25) is 0 Å². The minimum Gasteiger partial charge on any atom is -0.497 e. The van der Waals surface area contributed by atoms with Crippen LogP contribution in [0.25, 0.3) is 0 Å². The topological polar surface area (TPSA) is 35.2 Å². The van der Waals surface area contributed by atoms with E-state index in [9.17, 15) is 0 Å². The monoisotopic (exact) mass is 301 g/mol. The van der Waals surface area contributed by atoms with Crippen molar-refractivity contribution in [3.63, 3.8) is 0 Å². The molecule has 0 saturated heterocycles. The normalized spacial score (nSPS) is 12.1. The average Bonchev–Trinajstić information content (AvgIpc) is 2.52. The Balaban J connectivity index is 1.76. The van der Waals surface area contributed by atoms with Crippen molar-refractivity contribution in [2.75, 3.05) is 12.9 Å². The zero-order chi connectivity index (χ0) is 15.1. The van der Waals surface area contributed by atoms with E-state index in [0.717, 1.165) is 24.3 Å². The van der Waals surface area contributed by atoms with E-state index in [1.165, 1.54) is 16.0 Å². The van der Waals surface area contributed by atoms with Crippen LogP contribution in [0.4, 0.5) is 0 Å². The summed E-state index contributed by atoms with van der Waals surface area (Å²) in [5.74, 6) is 1.86. The minimum atomic E-state index is 0.219. The Kier molecular flexibility index (Phi) is 6.15. The second kappa shape index (κ2) is 8.11. The molecule has 0 bridgehead atoms. The maximum Gasteiger partial charge on any atom is 0.118 e. The molecule has 21 heavy (non-hydrogen) atoms. The van der Waals surface area contributed by atoms with Gasteiger partial charge in [-0.15, -0.1) is 11.8 Å². The molecule has 2 aromatic rings. The van der Waals surface area contributed by atoms with Crippen molar-refractivity contribution in [3.8, 4) is 5.75 Å². The van der Waals surface area contributed by atoms with E-state index in [-0.39, 0.29) is 6.04 Å². The van der Waals surface area contributed by atoms with Crippen molar-refractivity contribution >= 4 is 11.8 Å². The number of thioether (sulfide) groups is 1. The smallest absolute Gasteiger partial charge is 0.118 e. The second-order valence-electron chi connectivity index (χ2n) is 5.22. The summed E-state index contributed by atoms with van der Waals surface area (Å²) in [7, 11) is 1.69. The molecule has 2 rings (SSSR count). The van der Waals surface area contributed by atoms with E-state index in [4.69, 9.17) is 10.5 Å². The molecule has 2 N–H and O–H groups in total. The van der Waals surface area contributed by atoms with Gasteiger partial charge in [0.05, 0.1) is 7.11 Å². The van der Waals surface area contributed by atoms with Crippen LogP contribution in [-0.2, 0) is 6.42 Å². The number of benzene rings is 2. The summed E-state index contributed by atoms with van der Waals surface area (Å²) in [6, 6.07) is 16.9. The Hall–Kier alpha value is -1.45. The number of hydrogen-bond acceptors (Lipinski definition) is 3. The molecule has 2 aromatic carbocycles. The van der Waals surface area contributed by atoms with E-state index in [1.807, 2.05) is 23.9 Å². The van der Waals surface area contributed by atoms with Crippen molar-refractivity contribution in [1.29, 1.82) is 0 Å². The molecule has 0 amide bonds. The number of methoxy groups -OCH3 is 1. The Morgan fingerprint density at radius 3 is 2.48 bits per heavy atom. The molecule has 1 unspecified atom stereocenters. The van der Waals surface area contributed by atoms with E-state index < -0.39 is 0 Å². The first-order valence-electron chi connectivity index (χ1n) is 7.26. The van der Waals surface area contributed by atoms with Gasteiger partial charge < -0.3 is 10.5 Å². The van der Waals surface area contributed by atoms with Crippen LogP contribution in [0.5, 0.6) is 5.75 Å². The van der Waals surface area contributed by atoms with Crippen LogP contribution in [0, 0.1) is 6.92 Å². The first kappa shape index (κ1) is 15.9. The van der Waals surface area contributed by atoms with Crippen molar-refractivity contribution < 1.29 is 4.74 Å². The zero-order valence-corrected chi connectivity index (χ0v) is 13.5. The maximum absolute atomic E-state index is 6.23. The van der Waals surface area contributed by atoms with E-state index in [2.05, 4.69) is 43.3 Å². The Morgan fingerprint density at radius 1 is 1.10 bits per heavy atom. The average molecular weight is 301 g/mol. The fourth-order valence-corrected chi connectivity index (χ4v) is 3.17. The molecule has 2 nitrogen and oxygen atoms in total. The Morgan fingerprint density at radius 2 is 1.81 bits per heavy atom. The van der Waals surface area contributed by atoms with Crippen molar-refractivity contribution in [1.82, 2.24) is 0 Å². The van der Waals surface area contributed by atoms with Gasteiger partial charge in [0.25, 0.3) is 0 Å². The second-order valence-corrected chi connectivity index (χ2v) is 6.29. The third kappa shape index (κ3) is 5.10. The molecule has 1 atom stereocenters. The zero-order valence-electron chi connectivity index (χ0n) is 12.7. The van der Waals surface area contributed by atoms with Crippen LogP contribution in [0.3, 0.4) is 0 Å². The SMILES string of the molecule is COc1ccc(CCC(N)CSc2ccccc2C)cc1. The summed E-state index contributed by atoms with van der Waals surface area (Å²) in [5, 5.41) is 0. The summed E-state index contributed by atoms with van der Waals surface area (Å²) in [6.45, 7) is 2.14. The minimum absolute atomic E-state index is 0.219. The molecular formula is C18H23NOS. The highest BCUT2D eigenvalue weighted by molar-refractivity contribution is 7.99. The highest BCUT2D eigenvalue weighted by Crippen LogP contribution is 2.23. The largest absolute Gasteiger partial charge is 0.497 e. The molecule has 0 aromatic heterocycles. The van der Waals surface area contributed by atoms with Crippen LogP contribution in [0.1, 0.15) is 17.5 Å². The lowest BCUT2D eigenvalue weighted by Gasteiger charge is -2.12. The molecule has 0 heterocycles. The predicted molar refractivity (Wildman–Crippen MR) is 91.2 cm³/mol. The molecule has 3 heteroatoms. The summed E-state index contributed by atoms with van der Waals surface area (Å²) in [4.78, 5) is 1.33. The number of hydrogen-bond donors (Lipinski definition) is 1. The Bertz CT molecular complexity index is 553. The number of ether oxygens (including phenoxy) is 1. The van der Waals surface area contributed by atoms with Crippen LogP contribution in [0.15, 0.2) is 53.4 Å². The molecule has 0 aliphatic carbocycles. The van der Waals surface area contributed by atoms with Gasteiger partial charge in [-0.1, -0.05) is 30.3 Å². The van der Waals surface area contributed by atoms with E-state index >= 15 is 0 Å². The summed E-state index contributed by atoms with van der Waals surface area (Å²) in [5.41, 5.74) is 8.87. The van der Waals surface area contributed by atoms with E-state index in [0.29, 0.717) is 0 Å². The standard InChI is InChI=1S/C18H23NOS/c1-14-5-3-4-6-18(14)21-13-16(19)10-7-15-8-11-17(20-2)12-9-15/h3-6,8-9,11-12,16H,7,10,13,19H2,1-2H3. The predicted octanol–water partition coefficient (Wildman–Crippen LogP) is 4.06. The number of nitrogens with two attached hydrogens (primary N) is 1. The van der Waals surface area contributed by atoms with E-state index in [1.54, 1.807) is 7.11 Å². The van der Waals surface area contributed by atoms with Gasteiger partial charge in [-0.2, -0.15) is 0 Å². The maximum atomic E-state index is 6.23. The quantitative estimate of drug-likeness (QED) is 0.783. The van der Waals surface area contributed by atoms with Gasteiger partial charge in [-0.3, -0.25) is 0 Å². The van der Waals surface area contributed by atoms with Crippen LogP contribution < -0.4 is 10.5 Å². The third-order valence-electron chi connectivity index (χ3n) is 3.51. The molecule has 112 valence electrons. The van der Waals surface area contributed by atoms with Gasteiger partial charge in [0, 0.05) is 16.7 Å². The number of rotatable bonds is 7. The lowest BCUT2D eigenvalue weighted by molar-refractivity contribution is 0.414. The lowest BCUT2D eigenvalue weighted by Crippen LogP contribution is -2.23.